The maximum atomic E-state index is 12.5. The lowest BCUT2D eigenvalue weighted by Gasteiger charge is -2.15. The van der Waals surface area contributed by atoms with Crippen molar-refractivity contribution in [3.63, 3.8) is 0 Å². The lowest BCUT2D eigenvalue weighted by Crippen LogP contribution is -2.41. The second kappa shape index (κ2) is 5.30. The third kappa shape index (κ3) is 3.58. The van der Waals surface area contributed by atoms with E-state index in [9.17, 15) is 22.4 Å². The SMILES string of the molecule is O=C(NCC(F)(F)C(F)F)c1csc(I)c1. The summed E-state index contributed by atoms with van der Waals surface area (Å²) in [4.78, 5) is 11.2. The Labute approximate surface area is 106 Å². The average Bonchev–Trinajstić information content (AvgIpc) is 2.61. The Morgan fingerprint density at radius 2 is 2.19 bits per heavy atom. The van der Waals surface area contributed by atoms with Crippen molar-refractivity contribution in [1.29, 1.82) is 0 Å². The number of carbonyl (C=O) groups is 1. The van der Waals surface area contributed by atoms with Gasteiger partial charge in [-0.25, -0.2) is 8.78 Å². The molecule has 0 fully saturated rings. The Kier molecular flexibility index (Phi) is 4.53. The Morgan fingerprint density at radius 1 is 1.56 bits per heavy atom. The topological polar surface area (TPSA) is 29.1 Å². The van der Waals surface area contributed by atoms with Gasteiger partial charge in [0.15, 0.2) is 0 Å². The molecule has 1 amide bonds. The molecule has 0 saturated carbocycles. The predicted octanol–water partition coefficient (Wildman–Crippen LogP) is 2.98. The largest absolute Gasteiger partial charge is 0.346 e. The van der Waals surface area contributed by atoms with Crippen LogP contribution in [0.1, 0.15) is 10.4 Å². The summed E-state index contributed by atoms with van der Waals surface area (Å²) >= 11 is 3.22. The zero-order valence-electron chi connectivity index (χ0n) is 7.65. The minimum atomic E-state index is -4.20. The standard InChI is InChI=1S/C8H6F4INOS/c9-7(10)8(11,12)3-14-6(15)4-1-5(13)16-2-4/h1-2,7H,3H2,(H,14,15). The van der Waals surface area contributed by atoms with Gasteiger partial charge in [0.1, 0.15) is 0 Å². The highest BCUT2D eigenvalue weighted by molar-refractivity contribution is 14.1. The highest BCUT2D eigenvalue weighted by Crippen LogP contribution is 2.22. The van der Waals surface area contributed by atoms with Crippen molar-refractivity contribution in [1.82, 2.24) is 5.32 Å². The van der Waals surface area contributed by atoms with Crippen molar-refractivity contribution in [2.24, 2.45) is 0 Å². The second-order valence-corrected chi connectivity index (χ2v) is 5.69. The van der Waals surface area contributed by atoms with Gasteiger partial charge >= 0.3 is 12.3 Å². The van der Waals surface area contributed by atoms with Crippen LogP contribution >= 0.6 is 33.9 Å². The van der Waals surface area contributed by atoms with Crippen LogP contribution in [-0.2, 0) is 0 Å². The van der Waals surface area contributed by atoms with Crippen molar-refractivity contribution >= 4 is 39.8 Å². The summed E-state index contributed by atoms with van der Waals surface area (Å²) in [5.41, 5.74) is 0.194. The Balaban J connectivity index is 2.54. The number of rotatable bonds is 4. The number of hydrogen-bond acceptors (Lipinski definition) is 2. The van der Waals surface area contributed by atoms with Gasteiger partial charge in [-0.3, -0.25) is 4.79 Å². The van der Waals surface area contributed by atoms with Crippen LogP contribution in [-0.4, -0.2) is 24.8 Å². The molecular formula is C8H6F4INOS. The molecular weight excluding hydrogens is 361 g/mol. The maximum absolute atomic E-state index is 12.5. The zero-order chi connectivity index (χ0) is 12.3. The molecule has 16 heavy (non-hydrogen) atoms. The molecule has 0 aromatic carbocycles. The molecule has 1 rings (SSSR count). The quantitative estimate of drug-likeness (QED) is 0.644. The van der Waals surface area contributed by atoms with Gasteiger partial charge in [0.2, 0.25) is 0 Å². The predicted molar refractivity (Wildman–Crippen MR) is 60.3 cm³/mol. The van der Waals surface area contributed by atoms with Crippen molar-refractivity contribution in [2.75, 3.05) is 6.54 Å². The summed E-state index contributed by atoms with van der Waals surface area (Å²) in [7, 11) is 0. The summed E-state index contributed by atoms with van der Waals surface area (Å²) in [5, 5.41) is 3.24. The molecule has 90 valence electrons. The molecule has 2 nitrogen and oxygen atoms in total. The van der Waals surface area contributed by atoms with Gasteiger partial charge in [0.25, 0.3) is 5.91 Å². The van der Waals surface area contributed by atoms with Crippen LogP contribution in [0.15, 0.2) is 11.4 Å². The van der Waals surface area contributed by atoms with E-state index in [1.807, 2.05) is 22.6 Å². The van der Waals surface area contributed by atoms with Crippen molar-refractivity contribution in [3.05, 3.63) is 19.9 Å². The van der Waals surface area contributed by atoms with E-state index < -0.39 is 24.8 Å². The van der Waals surface area contributed by atoms with Gasteiger partial charge < -0.3 is 5.32 Å². The maximum Gasteiger partial charge on any atom is 0.324 e. The van der Waals surface area contributed by atoms with Crippen LogP contribution in [0.3, 0.4) is 0 Å². The third-order valence-electron chi connectivity index (χ3n) is 1.63. The molecule has 0 aliphatic rings. The Bertz CT molecular complexity index is 382. The van der Waals surface area contributed by atoms with Gasteiger partial charge in [-0.15, -0.1) is 11.3 Å². The summed E-state index contributed by atoms with van der Waals surface area (Å²) in [6.45, 7) is -1.37. The molecule has 0 unspecified atom stereocenters. The number of thiophene rings is 1. The molecule has 0 aliphatic heterocycles. The van der Waals surface area contributed by atoms with E-state index in [1.54, 1.807) is 5.32 Å². The number of alkyl halides is 4. The van der Waals surface area contributed by atoms with Crippen LogP contribution in [0.25, 0.3) is 0 Å². The summed E-state index contributed by atoms with van der Waals surface area (Å²) in [6.07, 6.45) is -3.78. The normalized spacial score (nSPS) is 11.9. The van der Waals surface area contributed by atoms with Crippen molar-refractivity contribution < 1.29 is 22.4 Å². The van der Waals surface area contributed by atoms with E-state index in [2.05, 4.69) is 0 Å². The number of carbonyl (C=O) groups excluding carboxylic acids is 1. The van der Waals surface area contributed by atoms with E-state index in [-0.39, 0.29) is 5.56 Å². The van der Waals surface area contributed by atoms with E-state index in [0.717, 1.165) is 2.88 Å². The first kappa shape index (κ1) is 13.7. The monoisotopic (exact) mass is 367 g/mol. The van der Waals surface area contributed by atoms with E-state index in [0.29, 0.717) is 0 Å². The molecule has 1 heterocycles. The first-order valence-electron chi connectivity index (χ1n) is 4.01. The molecule has 1 aromatic rings. The van der Waals surface area contributed by atoms with Gasteiger partial charge in [-0.1, -0.05) is 0 Å². The summed E-state index contributed by atoms with van der Waals surface area (Å²) in [5.74, 6) is -4.97. The molecule has 0 radical (unpaired) electrons. The van der Waals surface area contributed by atoms with E-state index in [4.69, 9.17) is 0 Å². The highest BCUT2D eigenvalue weighted by atomic mass is 127. The third-order valence-corrected chi connectivity index (χ3v) is 3.42. The van der Waals surface area contributed by atoms with Gasteiger partial charge in [-0.05, 0) is 28.7 Å². The fourth-order valence-electron chi connectivity index (χ4n) is 0.806. The molecule has 1 N–H and O–H groups in total. The van der Waals surface area contributed by atoms with Gasteiger partial charge in [0.05, 0.1) is 15.0 Å². The first-order valence-corrected chi connectivity index (χ1v) is 5.97. The Hall–Kier alpha value is -0.380. The molecule has 0 spiro atoms. The average molecular weight is 367 g/mol. The van der Waals surface area contributed by atoms with Crippen LogP contribution in [0.5, 0.6) is 0 Å². The van der Waals surface area contributed by atoms with Crippen LogP contribution in [0.4, 0.5) is 17.6 Å². The molecule has 0 bridgehead atoms. The fraction of sp³-hybridized carbons (Fsp3) is 0.375. The fourth-order valence-corrected chi connectivity index (χ4v) is 2.13. The van der Waals surface area contributed by atoms with Crippen LogP contribution < -0.4 is 5.32 Å². The highest BCUT2D eigenvalue weighted by Gasteiger charge is 2.40. The molecule has 8 heteroatoms. The molecule has 0 aliphatic carbocycles. The van der Waals surface area contributed by atoms with Crippen LogP contribution in [0, 0.1) is 2.88 Å². The second-order valence-electron chi connectivity index (χ2n) is 2.88. The first-order chi connectivity index (χ1) is 7.33. The molecule has 1 aromatic heterocycles. The van der Waals surface area contributed by atoms with Crippen LogP contribution in [0.2, 0.25) is 0 Å². The smallest absolute Gasteiger partial charge is 0.324 e. The molecule has 0 saturated heterocycles. The number of nitrogens with one attached hydrogen (secondary N) is 1. The number of hydrogen-bond donors (Lipinski definition) is 1. The summed E-state index contributed by atoms with van der Waals surface area (Å²) < 4.78 is 49.3. The zero-order valence-corrected chi connectivity index (χ0v) is 10.6. The van der Waals surface area contributed by atoms with E-state index >= 15 is 0 Å². The van der Waals surface area contributed by atoms with Crippen molar-refractivity contribution in [2.45, 2.75) is 12.3 Å². The minimum Gasteiger partial charge on any atom is -0.346 e. The van der Waals surface area contributed by atoms with Gasteiger partial charge in [-0.2, -0.15) is 8.78 Å². The minimum absolute atomic E-state index is 0.194. The number of halogens is 5. The Morgan fingerprint density at radius 3 is 2.62 bits per heavy atom. The van der Waals surface area contributed by atoms with Crippen molar-refractivity contribution in [3.8, 4) is 0 Å². The van der Waals surface area contributed by atoms with E-state index in [1.165, 1.54) is 22.8 Å². The molecule has 0 atom stereocenters. The lowest BCUT2D eigenvalue weighted by atomic mass is 10.3. The summed E-state index contributed by atoms with van der Waals surface area (Å²) in [6, 6.07) is 1.49. The van der Waals surface area contributed by atoms with Gasteiger partial charge in [0, 0.05) is 5.38 Å². The number of amides is 1. The lowest BCUT2D eigenvalue weighted by molar-refractivity contribution is -0.123.